The van der Waals surface area contributed by atoms with Crippen LogP contribution in [0.4, 0.5) is 11.8 Å². The largest absolute Gasteiger partial charge is 0.481 e. The summed E-state index contributed by atoms with van der Waals surface area (Å²) in [6.07, 6.45) is 2.13. The maximum atomic E-state index is 5.27. The first-order chi connectivity index (χ1) is 9.17. The molecule has 0 amide bonds. The number of methoxy groups -OCH3 is 1. The van der Waals surface area contributed by atoms with Gasteiger partial charge in [0.05, 0.1) is 7.11 Å². The molecule has 1 fully saturated rings. The Balaban J connectivity index is 1.90. The number of hydrogen-bond acceptors (Lipinski definition) is 6. The zero-order valence-corrected chi connectivity index (χ0v) is 11.6. The predicted molar refractivity (Wildman–Crippen MR) is 74.7 cm³/mol. The van der Waals surface area contributed by atoms with Crippen molar-refractivity contribution in [1.29, 1.82) is 0 Å². The van der Waals surface area contributed by atoms with Crippen LogP contribution in [0.15, 0.2) is 17.8 Å². The van der Waals surface area contributed by atoms with E-state index >= 15 is 0 Å². The molecular formula is C13H19N5O. The first-order valence-corrected chi connectivity index (χ1v) is 6.45. The van der Waals surface area contributed by atoms with Crippen molar-refractivity contribution in [3.63, 3.8) is 0 Å². The maximum absolute atomic E-state index is 5.27. The van der Waals surface area contributed by atoms with Gasteiger partial charge in [0.2, 0.25) is 11.8 Å². The summed E-state index contributed by atoms with van der Waals surface area (Å²) in [6.45, 7) is 2.98. The third kappa shape index (κ3) is 2.18. The fraction of sp³-hybridized carbons (Fsp3) is 0.538. The molecule has 3 heterocycles. The van der Waals surface area contributed by atoms with Crippen LogP contribution in [0.1, 0.15) is 0 Å². The van der Waals surface area contributed by atoms with E-state index in [-0.39, 0.29) is 0 Å². The van der Waals surface area contributed by atoms with Crippen molar-refractivity contribution < 1.29 is 4.74 Å². The standard InChI is InChI=1S/C13H19N5O/c1-17(2)13-15-11(4-12(16-13)19-3)18-7-9-5-14-6-10(9)8-18/h4-5,10,14H,6-8H2,1-3H3. The van der Waals surface area contributed by atoms with Crippen LogP contribution in [0.2, 0.25) is 0 Å². The number of rotatable bonds is 3. The van der Waals surface area contributed by atoms with Crippen molar-refractivity contribution in [3.05, 3.63) is 17.8 Å². The lowest BCUT2D eigenvalue weighted by Crippen LogP contribution is -2.25. The molecule has 3 rings (SSSR count). The summed E-state index contributed by atoms with van der Waals surface area (Å²) in [7, 11) is 5.50. The highest BCUT2D eigenvalue weighted by Gasteiger charge is 2.31. The van der Waals surface area contributed by atoms with Crippen molar-refractivity contribution in [2.45, 2.75) is 0 Å². The first kappa shape index (κ1) is 12.1. The Morgan fingerprint density at radius 1 is 1.42 bits per heavy atom. The van der Waals surface area contributed by atoms with Crippen LogP contribution in [0.3, 0.4) is 0 Å². The molecule has 2 aliphatic rings. The number of nitrogens with one attached hydrogen (secondary N) is 1. The van der Waals surface area contributed by atoms with Gasteiger partial charge >= 0.3 is 0 Å². The lowest BCUT2D eigenvalue weighted by Gasteiger charge is -2.20. The van der Waals surface area contributed by atoms with Gasteiger partial charge in [-0.05, 0) is 11.8 Å². The molecule has 0 aliphatic carbocycles. The molecule has 0 spiro atoms. The Morgan fingerprint density at radius 2 is 2.26 bits per heavy atom. The van der Waals surface area contributed by atoms with Gasteiger partial charge in [0.25, 0.3) is 0 Å². The fourth-order valence-electron chi connectivity index (χ4n) is 2.53. The normalized spacial score (nSPS) is 20.9. The van der Waals surface area contributed by atoms with Gasteiger partial charge < -0.3 is 19.9 Å². The molecular weight excluding hydrogens is 242 g/mol. The average molecular weight is 261 g/mol. The van der Waals surface area contributed by atoms with Crippen molar-refractivity contribution in [2.75, 3.05) is 50.6 Å². The van der Waals surface area contributed by atoms with E-state index < -0.39 is 0 Å². The SMILES string of the molecule is COc1cc(N2CC3=CNCC3C2)nc(N(C)C)n1. The molecule has 0 bridgehead atoms. The molecule has 0 saturated carbocycles. The molecule has 1 aromatic heterocycles. The summed E-state index contributed by atoms with van der Waals surface area (Å²) in [6, 6.07) is 1.90. The number of anilines is 2. The molecule has 1 aromatic rings. The Kier molecular flexibility index (Phi) is 2.93. The van der Waals surface area contributed by atoms with Gasteiger partial charge in [0.1, 0.15) is 5.82 Å². The monoisotopic (exact) mass is 261 g/mol. The number of fused-ring (bicyclic) bond motifs is 1. The molecule has 6 nitrogen and oxygen atoms in total. The average Bonchev–Trinajstić information content (AvgIpc) is 2.98. The van der Waals surface area contributed by atoms with E-state index in [1.165, 1.54) is 5.57 Å². The summed E-state index contributed by atoms with van der Waals surface area (Å²) in [4.78, 5) is 13.1. The van der Waals surface area contributed by atoms with E-state index in [4.69, 9.17) is 4.74 Å². The fourth-order valence-corrected chi connectivity index (χ4v) is 2.53. The second-order valence-electron chi connectivity index (χ2n) is 5.17. The van der Waals surface area contributed by atoms with E-state index in [0.29, 0.717) is 17.7 Å². The molecule has 6 heteroatoms. The van der Waals surface area contributed by atoms with Crippen molar-refractivity contribution >= 4 is 11.8 Å². The summed E-state index contributed by atoms with van der Waals surface area (Å²) in [5, 5.41) is 3.29. The van der Waals surface area contributed by atoms with Crippen LogP contribution in [0, 0.1) is 5.92 Å². The third-order valence-electron chi connectivity index (χ3n) is 3.60. The molecule has 1 unspecified atom stereocenters. The summed E-state index contributed by atoms with van der Waals surface area (Å²) < 4.78 is 5.27. The van der Waals surface area contributed by atoms with E-state index in [2.05, 4.69) is 26.4 Å². The Labute approximate surface area is 113 Å². The number of aromatic nitrogens is 2. The minimum Gasteiger partial charge on any atom is -0.481 e. The van der Waals surface area contributed by atoms with E-state index in [9.17, 15) is 0 Å². The highest BCUT2D eigenvalue weighted by molar-refractivity contribution is 5.51. The molecule has 1 atom stereocenters. The Bertz CT molecular complexity index is 514. The smallest absolute Gasteiger partial charge is 0.230 e. The minimum atomic E-state index is 0.609. The van der Waals surface area contributed by atoms with E-state index in [1.54, 1.807) is 7.11 Å². The van der Waals surface area contributed by atoms with Gasteiger partial charge in [0, 0.05) is 45.7 Å². The molecule has 1 saturated heterocycles. The molecule has 2 aliphatic heterocycles. The summed E-state index contributed by atoms with van der Waals surface area (Å²) >= 11 is 0. The third-order valence-corrected chi connectivity index (χ3v) is 3.60. The quantitative estimate of drug-likeness (QED) is 0.854. The zero-order valence-electron chi connectivity index (χ0n) is 11.6. The van der Waals surface area contributed by atoms with Crippen molar-refractivity contribution in [2.24, 2.45) is 5.92 Å². The van der Waals surface area contributed by atoms with E-state index in [0.717, 1.165) is 25.5 Å². The van der Waals surface area contributed by atoms with Crippen molar-refractivity contribution in [3.8, 4) is 5.88 Å². The van der Waals surface area contributed by atoms with Crippen LogP contribution < -0.4 is 19.9 Å². The second kappa shape index (κ2) is 4.60. The molecule has 19 heavy (non-hydrogen) atoms. The number of hydrogen-bond donors (Lipinski definition) is 1. The minimum absolute atomic E-state index is 0.609. The lowest BCUT2D eigenvalue weighted by molar-refractivity contribution is 0.397. The van der Waals surface area contributed by atoms with Gasteiger partial charge in [-0.3, -0.25) is 0 Å². The number of nitrogens with zero attached hydrogens (tertiary/aromatic N) is 4. The topological polar surface area (TPSA) is 53.5 Å². The van der Waals surface area contributed by atoms with Crippen LogP contribution in [-0.2, 0) is 0 Å². The molecule has 0 aromatic carbocycles. The molecule has 0 radical (unpaired) electrons. The Hall–Kier alpha value is -1.98. The van der Waals surface area contributed by atoms with Gasteiger partial charge in [-0.15, -0.1) is 0 Å². The zero-order chi connectivity index (χ0) is 13.4. The second-order valence-corrected chi connectivity index (χ2v) is 5.17. The predicted octanol–water partition coefficient (Wildman–Crippen LogP) is 0.474. The molecule has 102 valence electrons. The highest BCUT2D eigenvalue weighted by Crippen LogP contribution is 2.30. The Morgan fingerprint density at radius 3 is 2.95 bits per heavy atom. The highest BCUT2D eigenvalue weighted by atomic mass is 16.5. The number of ether oxygens (including phenoxy) is 1. The summed E-state index contributed by atoms with van der Waals surface area (Å²) in [5.41, 5.74) is 1.46. The van der Waals surface area contributed by atoms with Gasteiger partial charge in [-0.1, -0.05) is 0 Å². The van der Waals surface area contributed by atoms with Gasteiger partial charge in [0.15, 0.2) is 0 Å². The van der Waals surface area contributed by atoms with Gasteiger partial charge in [-0.2, -0.15) is 9.97 Å². The van der Waals surface area contributed by atoms with Crippen molar-refractivity contribution in [1.82, 2.24) is 15.3 Å². The van der Waals surface area contributed by atoms with Crippen LogP contribution >= 0.6 is 0 Å². The van der Waals surface area contributed by atoms with Crippen LogP contribution in [0.25, 0.3) is 0 Å². The van der Waals surface area contributed by atoms with E-state index in [1.807, 2.05) is 25.1 Å². The first-order valence-electron chi connectivity index (χ1n) is 6.45. The maximum Gasteiger partial charge on any atom is 0.230 e. The molecule has 1 N–H and O–H groups in total. The van der Waals surface area contributed by atoms with Crippen LogP contribution in [-0.4, -0.2) is 50.8 Å². The van der Waals surface area contributed by atoms with Crippen LogP contribution in [0.5, 0.6) is 5.88 Å². The summed E-state index contributed by atoms with van der Waals surface area (Å²) in [5.74, 6) is 2.84. The lowest BCUT2D eigenvalue weighted by atomic mass is 10.1. The van der Waals surface area contributed by atoms with Gasteiger partial charge in [-0.25, -0.2) is 0 Å².